The number of amides is 1. The number of hydrogen-bond acceptors (Lipinski definition) is 2. The van der Waals surface area contributed by atoms with Crippen molar-refractivity contribution in [1.29, 1.82) is 0 Å². The van der Waals surface area contributed by atoms with Gasteiger partial charge in [0.15, 0.2) is 0 Å². The first-order chi connectivity index (χ1) is 7.33. The molecule has 1 saturated heterocycles. The molecule has 0 aromatic carbocycles. The Labute approximate surface area is 88.4 Å². The van der Waals surface area contributed by atoms with Crippen molar-refractivity contribution in [3.05, 3.63) is 42.2 Å². The Morgan fingerprint density at radius 1 is 1.53 bits per heavy atom. The maximum Gasteiger partial charge on any atom is 0.247 e. The molecule has 0 saturated carbocycles. The standard InChI is InChI=1S/C12H12N2O/c1-2-11(15)14-9-5-6-10(14)12-8(9)4-3-7-13-12/h2-4,7,9-10H,1,5-6H2. The zero-order valence-corrected chi connectivity index (χ0v) is 8.39. The number of fused-ring (bicyclic) bond motifs is 5. The van der Waals surface area contributed by atoms with Crippen molar-refractivity contribution in [2.45, 2.75) is 24.9 Å². The molecule has 1 aromatic heterocycles. The Morgan fingerprint density at radius 2 is 2.33 bits per heavy atom. The average molecular weight is 200 g/mol. The fourth-order valence-electron chi connectivity index (χ4n) is 2.79. The number of carbonyl (C=O) groups is 1. The molecule has 2 bridgehead atoms. The van der Waals surface area contributed by atoms with E-state index in [1.807, 2.05) is 11.0 Å². The van der Waals surface area contributed by atoms with Crippen LogP contribution in [-0.2, 0) is 4.79 Å². The van der Waals surface area contributed by atoms with E-state index in [0.717, 1.165) is 18.5 Å². The number of hydrogen-bond donors (Lipinski definition) is 0. The minimum absolute atomic E-state index is 0.0282. The third-order valence-electron chi connectivity index (χ3n) is 3.36. The van der Waals surface area contributed by atoms with E-state index >= 15 is 0 Å². The molecule has 0 N–H and O–H groups in total. The van der Waals surface area contributed by atoms with Crippen LogP contribution in [0.25, 0.3) is 0 Å². The minimum atomic E-state index is 0.0282. The second kappa shape index (κ2) is 2.92. The van der Waals surface area contributed by atoms with Crippen LogP contribution in [0.1, 0.15) is 36.2 Å². The highest BCUT2D eigenvalue weighted by Crippen LogP contribution is 2.51. The first kappa shape index (κ1) is 8.65. The molecule has 2 aliphatic rings. The van der Waals surface area contributed by atoms with Crippen LogP contribution in [0.4, 0.5) is 0 Å². The molecule has 3 nitrogen and oxygen atoms in total. The average Bonchev–Trinajstić information content (AvgIpc) is 2.84. The summed E-state index contributed by atoms with van der Waals surface area (Å²) in [7, 11) is 0. The summed E-state index contributed by atoms with van der Waals surface area (Å²) in [6, 6.07) is 4.45. The summed E-state index contributed by atoms with van der Waals surface area (Å²) in [6.45, 7) is 3.55. The first-order valence-electron chi connectivity index (χ1n) is 5.22. The van der Waals surface area contributed by atoms with Crippen molar-refractivity contribution in [2.24, 2.45) is 0 Å². The third-order valence-corrected chi connectivity index (χ3v) is 3.36. The van der Waals surface area contributed by atoms with Crippen molar-refractivity contribution < 1.29 is 4.79 Å². The lowest BCUT2D eigenvalue weighted by Crippen LogP contribution is -2.25. The van der Waals surface area contributed by atoms with E-state index in [0.29, 0.717) is 0 Å². The molecular formula is C12H12N2O. The molecule has 0 radical (unpaired) electrons. The van der Waals surface area contributed by atoms with Gasteiger partial charge in [0.05, 0.1) is 17.8 Å². The van der Waals surface area contributed by atoms with Gasteiger partial charge in [0.1, 0.15) is 0 Å². The Morgan fingerprint density at radius 3 is 3.07 bits per heavy atom. The van der Waals surface area contributed by atoms with E-state index in [4.69, 9.17) is 0 Å². The van der Waals surface area contributed by atoms with Gasteiger partial charge in [-0.25, -0.2) is 0 Å². The van der Waals surface area contributed by atoms with Gasteiger partial charge in [-0.1, -0.05) is 12.6 Å². The van der Waals surface area contributed by atoms with Gasteiger partial charge in [0, 0.05) is 6.20 Å². The predicted molar refractivity (Wildman–Crippen MR) is 56.0 cm³/mol. The van der Waals surface area contributed by atoms with Gasteiger partial charge >= 0.3 is 0 Å². The molecule has 2 atom stereocenters. The highest BCUT2D eigenvalue weighted by atomic mass is 16.2. The van der Waals surface area contributed by atoms with E-state index in [1.54, 1.807) is 6.20 Å². The number of nitrogens with zero attached hydrogens (tertiary/aromatic N) is 2. The lowest BCUT2D eigenvalue weighted by Gasteiger charge is -2.19. The number of pyridine rings is 1. The second-order valence-corrected chi connectivity index (χ2v) is 4.04. The van der Waals surface area contributed by atoms with E-state index < -0.39 is 0 Å². The highest BCUT2D eigenvalue weighted by molar-refractivity contribution is 5.88. The van der Waals surface area contributed by atoms with Gasteiger partial charge in [0.2, 0.25) is 5.91 Å². The van der Waals surface area contributed by atoms with Gasteiger partial charge in [-0.15, -0.1) is 0 Å². The van der Waals surface area contributed by atoms with E-state index in [2.05, 4.69) is 17.6 Å². The largest absolute Gasteiger partial charge is 0.323 e. The SMILES string of the molecule is C=CC(=O)N1C2CCC1c1ncccc12. The van der Waals surface area contributed by atoms with Gasteiger partial charge in [-0.2, -0.15) is 0 Å². The Bertz CT molecular complexity index is 410. The van der Waals surface area contributed by atoms with Crippen molar-refractivity contribution in [1.82, 2.24) is 9.88 Å². The Kier molecular flexibility index (Phi) is 1.69. The summed E-state index contributed by atoms with van der Waals surface area (Å²) < 4.78 is 0. The van der Waals surface area contributed by atoms with Crippen LogP contribution < -0.4 is 0 Å². The zero-order chi connectivity index (χ0) is 10.4. The third kappa shape index (κ3) is 1.00. The molecule has 15 heavy (non-hydrogen) atoms. The molecule has 1 fully saturated rings. The topological polar surface area (TPSA) is 33.2 Å². The molecule has 0 aliphatic carbocycles. The van der Waals surface area contributed by atoms with Crippen molar-refractivity contribution in [3.63, 3.8) is 0 Å². The van der Waals surface area contributed by atoms with Crippen molar-refractivity contribution in [2.75, 3.05) is 0 Å². The van der Waals surface area contributed by atoms with Gasteiger partial charge in [-0.3, -0.25) is 9.78 Å². The Hall–Kier alpha value is -1.64. The van der Waals surface area contributed by atoms with Gasteiger partial charge in [-0.05, 0) is 30.5 Å². The molecule has 76 valence electrons. The summed E-state index contributed by atoms with van der Waals surface area (Å²) in [5.41, 5.74) is 2.31. The first-order valence-corrected chi connectivity index (χ1v) is 5.22. The van der Waals surface area contributed by atoms with Crippen LogP contribution in [-0.4, -0.2) is 15.8 Å². The summed E-state index contributed by atoms with van der Waals surface area (Å²) >= 11 is 0. The second-order valence-electron chi connectivity index (χ2n) is 4.04. The van der Waals surface area contributed by atoms with Gasteiger partial charge in [0.25, 0.3) is 0 Å². The summed E-state index contributed by atoms with van der Waals surface area (Å²) in [5, 5.41) is 0. The van der Waals surface area contributed by atoms with Crippen LogP contribution in [0.5, 0.6) is 0 Å². The molecule has 2 unspecified atom stereocenters. The summed E-state index contributed by atoms with van der Waals surface area (Å²) in [5.74, 6) is 0.0282. The van der Waals surface area contributed by atoms with Crippen LogP contribution in [0.3, 0.4) is 0 Å². The fourth-order valence-corrected chi connectivity index (χ4v) is 2.79. The predicted octanol–water partition coefficient (Wildman–Crippen LogP) is 1.99. The lowest BCUT2D eigenvalue weighted by atomic mass is 9.96. The van der Waals surface area contributed by atoms with Crippen LogP contribution in [0.15, 0.2) is 31.0 Å². The molecule has 3 heterocycles. The molecule has 2 aliphatic heterocycles. The fraction of sp³-hybridized carbons (Fsp3) is 0.333. The van der Waals surface area contributed by atoms with E-state index in [-0.39, 0.29) is 18.0 Å². The minimum Gasteiger partial charge on any atom is -0.323 e. The number of rotatable bonds is 1. The van der Waals surface area contributed by atoms with Gasteiger partial charge < -0.3 is 4.90 Å². The maximum atomic E-state index is 11.7. The molecular weight excluding hydrogens is 188 g/mol. The number of carbonyl (C=O) groups excluding carboxylic acids is 1. The molecule has 3 heteroatoms. The van der Waals surface area contributed by atoms with Crippen molar-refractivity contribution in [3.8, 4) is 0 Å². The normalized spacial score (nSPS) is 26.5. The van der Waals surface area contributed by atoms with Crippen LogP contribution >= 0.6 is 0 Å². The number of aromatic nitrogens is 1. The monoisotopic (exact) mass is 200 g/mol. The smallest absolute Gasteiger partial charge is 0.247 e. The summed E-state index contributed by atoms with van der Waals surface area (Å²) in [6.07, 6.45) is 5.30. The maximum absolute atomic E-state index is 11.7. The Balaban J connectivity index is 2.08. The zero-order valence-electron chi connectivity index (χ0n) is 8.39. The molecule has 0 spiro atoms. The molecule has 3 rings (SSSR count). The van der Waals surface area contributed by atoms with Crippen LogP contribution in [0, 0.1) is 0 Å². The van der Waals surface area contributed by atoms with Crippen LogP contribution in [0.2, 0.25) is 0 Å². The quantitative estimate of drug-likeness (QED) is 0.649. The molecule has 1 aromatic rings. The molecule has 1 amide bonds. The lowest BCUT2D eigenvalue weighted by molar-refractivity contribution is -0.128. The van der Waals surface area contributed by atoms with E-state index in [9.17, 15) is 4.79 Å². The highest BCUT2D eigenvalue weighted by Gasteiger charge is 2.46. The van der Waals surface area contributed by atoms with E-state index in [1.165, 1.54) is 11.6 Å². The summed E-state index contributed by atoms with van der Waals surface area (Å²) in [4.78, 5) is 18.0. The van der Waals surface area contributed by atoms with Crippen molar-refractivity contribution >= 4 is 5.91 Å².